The molecule has 150 valence electrons. The third kappa shape index (κ3) is 5.08. The van der Waals surface area contributed by atoms with E-state index in [1.54, 1.807) is 0 Å². The van der Waals surface area contributed by atoms with Gasteiger partial charge in [0.15, 0.2) is 5.96 Å². The van der Waals surface area contributed by atoms with Crippen LogP contribution in [0.4, 0.5) is 0 Å². The third-order valence-electron chi connectivity index (χ3n) is 6.63. The summed E-state index contributed by atoms with van der Waals surface area (Å²) in [5.74, 6) is 3.59. The van der Waals surface area contributed by atoms with Gasteiger partial charge in [0.25, 0.3) is 0 Å². The fourth-order valence-corrected chi connectivity index (χ4v) is 5.78. The number of hydrogen-bond donors (Lipinski definition) is 2. The highest BCUT2D eigenvalue weighted by molar-refractivity contribution is 7.99. The van der Waals surface area contributed by atoms with E-state index in [9.17, 15) is 0 Å². The molecule has 1 aliphatic carbocycles. The van der Waals surface area contributed by atoms with Gasteiger partial charge in [0.2, 0.25) is 0 Å². The topological polar surface area (TPSA) is 42.9 Å². The Balaban J connectivity index is 1.50. The number of hydrogen-bond acceptors (Lipinski definition) is 4. The lowest BCUT2D eigenvalue weighted by Gasteiger charge is -2.44. The molecule has 6 heteroatoms. The zero-order valence-corrected chi connectivity index (χ0v) is 17.9. The summed E-state index contributed by atoms with van der Waals surface area (Å²) in [6.07, 6.45) is 7.87. The van der Waals surface area contributed by atoms with E-state index in [1.165, 1.54) is 76.2 Å². The van der Waals surface area contributed by atoms with E-state index >= 15 is 0 Å². The molecule has 2 saturated heterocycles. The van der Waals surface area contributed by atoms with Crippen molar-refractivity contribution in [3.63, 3.8) is 0 Å². The number of thioether (sulfide) groups is 1. The van der Waals surface area contributed by atoms with Crippen LogP contribution in [-0.2, 0) is 0 Å². The van der Waals surface area contributed by atoms with Gasteiger partial charge in [0.05, 0.1) is 0 Å². The molecule has 0 radical (unpaired) electrons. The molecule has 0 amide bonds. The Morgan fingerprint density at radius 1 is 1.12 bits per heavy atom. The smallest absolute Gasteiger partial charge is 0.191 e. The maximum absolute atomic E-state index is 4.53. The summed E-state index contributed by atoms with van der Waals surface area (Å²) in [4.78, 5) is 9.89. The molecule has 3 aliphatic rings. The van der Waals surface area contributed by atoms with Crippen molar-refractivity contribution in [3.8, 4) is 0 Å². The van der Waals surface area contributed by atoms with Gasteiger partial charge >= 0.3 is 0 Å². The van der Waals surface area contributed by atoms with Crippen molar-refractivity contribution in [2.24, 2.45) is 4.99 Å². The second-order valence-electron chi connectivity index (χ2n) is 8.50. The molecule has 3 fully saturated rings. The zero-order valence-electron chi connectivity index (χ0n) is 17.1. The maximum Gasteiger partial charge on any atom is 0.191 e. The van der Waals surface area contributed by atoms with Crippen LogP contribution >= 0.6 is 11.8 Å². The quantitative estimate of drug-likeness (QED) is 0.565. The van der Waals surface area contributed by atoms with Crippen molar-refractivity contribution in [2.45, 2.75) is 70.0 Å². The van der Waals surface area contributed by atoms with Crippen molar-refractivity contribution in [1.82, 2.24) is 20.4 Å². The van der Waals surface area contributed by atoms with Crippen LogP contribution in [0.5, 0.6) is 0 Å². The van der Waals surface area contributed by atoms with E-state index in [0.717, 1.165) is 12.5 Å². The number of nitrogens with zero attached hydrogens (tertiary/aromatic N) is 3. The average molecular weight is 382 g/mol. The highest BCUT2D eigenvalue weighted by Crippen LogP contribution is 2.36. The minimum atomic E-state index is 0.361. The summed E-state index contributed by atoms with van der Waals surface area (Å²) in [6, 6.07) is 1.22. The predicted molar refractivity (Wildman–Crippen MR) is 114 cm³/mol. The lowest BCUT2D eigenvalue weighted by molar-refractivity contribution is 0.107. The molecule has 2 aliphatic heterocycles. The first kappa shape index (κ1) is 20.3. The number of piperidine rings is 1. The molecule has 26 heavy (non-hydrogen) atoms. The Morgan fingerprint density at radius 3 is 2.35 bits per heavy atom. The Labute approximate surface area is 164 Å². The fraction of sp³-hybridized carbons (Fsp3) is 0.950. The molecule has 0 unspecified atom stereocenters. The summed E-state index contributed by atoms with van der Waals surface area (Å²) in [5, 5.41) is 7.41. The van der Waals surface area contributed by atoms with E-state index in [4.69, 9.17) is 0 Å². The number of aliphatic imine (C=N–C) groups is 1. The molecule has 0 bridgehead atoms. The van der Waals surface area contributed by atoms with Crippen molar-refractivity contribution >= 4 is 17.7 Å². The Bertz CT molecular complexity index is 447. The summed E-state index contributed by atoms with van der Waals surface area (Å²) in [7, 11) is 1.91. The Kier molecular flexibility index (Phi) is 7.53. The summed E-state index contributed by atoms with van der Waals surface area (Å²) >= 11 is 2.11. The second-order valence-corrected chi connectivity index (χ2v) is 9.73. The van der Waals surface area contributed by atoms with Gasteiger partial charge in [-0.2, -0.15) is 11.8 Å². The molecule has 1 saturated carbocycles. The number of guanidine groups is 1. The minimum absolute atomic E-state index is 0.361. The fourth-order valence-electron chi connectivity index (χ4n) is 4.87. The van der Waals surface area contributed by atoms with Crippen LogP contribution in [-0.4, -0.2) is 84.7 Å². The monoisotopic (exact) mass is 381 g/mol. The highest BCUT2D eigenvalue weighted by atomic mass is 32.2. The van der Waals surface area contributed by atoms with Gasteiger partial charge in [-0.3, -0.25) is 9.89 Å². The van der Waals surface area contributed by atoms with Gasteiger partial charge in [0.1, 0.15) is 0 Å². The van der Waals surface area contributed by atoms with E-state index in [0.29, 0.717) is 17.6 Å². The van der Waals surface area contributed by atoms with E-state index in [-0.39, 0.29) is 0 Å². The second kappa shape index (κ2) is 9.65. The van der Waals surface area contributed by atoms with Gasteiger partial charge in [-0.05, 0) is 39.5 Å². The lowest BCUT2D eigenvalue weighted by Crippen LogP contribution is -2.58. The van der Waals surface area contributed by atoms with Gasteiger partial charge in [-0.25, -0.2) is 0 Å². The largest absolute Gasteiger partial charge is 0.355 e. The number of nitrogens with one attached hydrogen (secondary N) is 2. The van der Waals surface area contributed by atoms with Crippen LogP contribution in [0.25, 0.3) is 0 Å². The van der Waals surface area contributed by atoms with E-state index < -0.39 is 0 Å². The Morgan fingerprint density at radius 2 is 1.77 bits per heavy atom. The molecule has 2 N–H and O–H groups in total. The number of likely N-dealkylation sites (tertiary alicyclic amines) is 1. The molecule has 0 spiro atoms. The van der Waals surface area contributed by atoms with Gasteiger partial charge in [-0.1, -0.05) is 12.8 Å². The van der Waals surface area contributed by atoms with Crippen LogP contribution < -0.4 is 10.6 Å². The molecule has 2 heterocycles. The van der Waals surface area contributed by atoms with Crippen LogP contribution in [0.1, 0.15) is 52.4 Å². The van der Waals surface area contributed by atoms with E-state index in [1.807, 2.05) is 7.05 Å². The van der Waals surface area contributed by atoms with Crippen molar-refractivity contribution < 1.29 is 0 Å². The average Bonchev–Trinajstić information content (AvgIpc) is 3.16. The van der Waals surface area contributed by atoms with Crippen LogP contribution in [0.2, 0.25) is 0 Å². The lowest BCUT2D eigenvalue weighted by atomic mass is 9.94. The summed E-state index contributed by atoms with van der Waals surface area (Å²) in [5.41, 5.74) is 0.361. The summed E-state index contributed by atoms with van der Waals surface area (Å²) < 4.78 is 0. The van der Waals surface area contributed by atoms with Crippen LogP contribution in [0.15, 0.2) is 4.99 Å². The first-order valence-corrected chi connectivity index (χ1v) is 11.8. The predicted octanol–water partition coefficient (Wildman–Crippen LogP) is 2.39. The molecule has 0 aromatic heterocycles. The van der Waals surface area contributed by atoms with Crippen LogP contribution in [0.3, 0.4) is 0 Å². The zero-order chi connectivity index (χ0) is 18.4. The van der Waals surface area contributed by atoms with Crippen molar-refractivity contribution in [1.29, 1.82) is 0 Å². The molecule has 0 atom stereocenters. The Hall–Kier alpha value is -0.460. The first-order chi connectivity index (χ1) is 12.6. The number of rotatable bonds is 5. The summed E-state index contributed by atoms with van der Waals surface area (Å²) in [6.45, 7) is 10.5. The van der Waals surface area contributed by atoms with Crippen molar-refractivity contribution in [2.75, 3.05) is 51.3 Å². The molecule has 5 nitrogen and oxygen atoms in total. The molecule has 0 aromatic carbocycles. The van der Waals surface area contributed by atoms with Crippen LogP contribution in [0, 0.1) is 0 Å². The first-order valence-electron chi connectivity index (χ1n) is 10.7. The molecule has 3 rings (SSSR count). The molecular weight excluding hydrogens is 342 g/mol. The molecule has 0 aromatic rings. The van der Waals surface area contributed by atoms with E-state index in [2.05, 4.69) is 51.0 Å². The standard InChI is InChI=1S/C20H39N5S/c1-17(2)24-10-6-18(7-11-24)23-19(21-3)22-16-20(8-4-5-9-20)25-12-14-26-15-13-25/h17-18H,4-16H2,1-3H3,(H2,21,22,23). The normalized spacial score (nSPS) is 26.4. The minimum Gasteiger partial charge on any atom is -0.355 e. The third-order valence-corrected chi connectivity index (χ3v) is 7.57. The van der Waals surface area contributed by atoms with Crippen molar-refractivity contribution in [3.05, 3.63) is 0 Å². The maximum atomic E-state index is 4.53. The van der Waals surface area contributed by atoms with Gasteiger partial charge in [0, 0.05) is 68.9 Å². The SMILES string of the molecule is CN=C(NCC1(N2CCSCC2)CCCC1)NC1CCN(C(C)C)CC1. The highest BCUT2D eigenvalue weighted by Gasteiger charge is 2.40. The van der Waals surface area contributed by atoms with Gasteiger partial charge in [-0.15, -0.1) is 0 Å². The van der Waals surface area contributed by atoms with Gasteiger partial charge < -0.3 is 15.5 Å². The molecular formula is C20H39N5S.